The first-order chi connectivity index (χ1) is 7.65. The quantitative estimate of drug-likeness (QED) is 0.490. The minimum atomic E-state index is -0.732. The Kier molecular flexibility index (Phi) is 8.24. The van der Waals surface area contributed by atoms with Crippen LogP contribution in [-0.4, -0.2) is 38.4 Å². The van der Waals surface area contributed by atoms with Gasteiger partial charge in [0.05, 0.1) is 13.7 Å². The van der Waals surface area contributed by atoms with Crippen molar-refractivity contribution in [1.82, 2.24) is 5.32 Å². The molecule has 0 spiro atoms. The molecule has 0 radical (unpaired) electrons. The summed E-state index contributed by atoms with van der Waals surface area (Å²) in [5.41, 5.74) is 5.32. The van der Waals surface area contributed by atoms with E-state index in [0.717, 1.165) is 12.8 Å². The zero-order valence-corrected chi connectivity index (χ0v) is 9.82. The number of hydrogen-bond acceptors (Lipinski definition) is 5. The number of nitrogens with one attached hydrogen (secondary N) is 1. The van der Waals surface area contributed by atoms with E-state index in [1.165, 1.54) is 7.11 Å². The Bertz CT molecular complexity index is 221. The predicted molar refractivity (Wildman–Crippen MR) is 58.9 cm³/mol. The molecule has 6 heteroatoms. The van der Waals surface area contributed by atoms with E-state index in [4.69, 9.17) is 10.5 Å². The molecule has 0 saturated carbocycles. The SMILES string of the molecule is CCCCOC(=O)N[C@H](CCN)C(=O)OC. The molecular weight excluding hydrogens is 212 g/mol. The highest BCUT2D eigenvalue weighted by Crippen LogP contribution is 1.95. The number of amides is 1. The molecule has 16 heavy (non-hydrogen) atoms. The highest BCUT2D eigenvalue weighted by Gasteiger charge is 2.20. The first-order valence-corrected chi connectivity index (χ1v) is 5.36. The Hall–Kier alpha value is -1.30. The third-order valence-corrected chi connectivity index (χ3v) is 1.96. The molecule has 0 aromatic rings. The molecule has 0 aliphatic heterocycles. The van der Waals surface area contributed by atoms with Crippen LogP contribution in [0.3, 0.4) is 0 Å². The van der Waals surface area contributed by atoms with Crippen molar-refractivity contribution in [2.75, 3.05) is 20.3 Å². The van der Waals surface area contributed by atoms with E-state index < -0.39 is 18.1 Å². The van der Waals surface area contributed by atoms with Gasteiger partial charge in [-0.3, -0.25) is 0 Å². The van der Waals surface area contributed by atoms with Gasteiger partial charge in [0.2, 0.25) is 0 Å². The second-order valence-electron chi connectivity index (χ2n) is 3.29. The van der Waals surface area contributed by atoms with E-state index >= 15 is 0 Å². The third-order valence-electron chi connectivity index (χ3n) is 1.96. The van der Waals surface area contributed by atoms with E-state index in [2.05, 4.69) is 10.1 Å². The van der Waals surface area contributed by atoms with Crippen molar-refractivity contribution >= 4 is 12.1 Å². The lowest BCUT2D eigenvalue weighted by Gasteiger charge is -2.15. The van der Waals surface area contributed by atoms with Gasteiger partial charge in [-0.05, 0) is 19.4 Å². The Morgan fingerprint density at radius 3 is 2.62 bits per heavy atom. The van der Waals surface area contributed by atoms with Crippen LogP contribution in [0.15, 0.2) is 0 Å². The van der Waals surface area contributed by atoms with Crippen molar-refractivity contribution in [3.05, 3.63) is 0 Å². The summed E-state index contributed by atoms with van der Waals surface area (Å²) in [5, 5.41) is 2.41. The molecule has 0 fully saturated rings. The summed E-state index contributed by atoms with van der Waals surface area (Å²) in [5.74, 6) is -0.516. The maximum Gasteiger partial charge on any atom is 0.407 e. The first kappa shape index (κ1) is 14.7. The number of carbonyl (C=O) groups is 2. The molecule has 0 aliphatic carbocycles. The number of unbranched alkanes of at least 4 members (excludes halogenated alkanes) is 1. The van der Waals surface area contributed by atoms with Crippen LogP contribution >= 0.6 is 0 Å². The van der Waals surface area contributed by atoms with Crippen LogP contribution < -0.4 is 11.1 Å². The van der Waals surface area contributed by atoms with Crippen LogP contribution in [0.25, 0.3) is 0 Å². The fourth-order valence-electron chi connectivity index (χ4n) is 1.05. The summed E-state index contributed by atoms with van der Waals surface area (Å²) in [6, 6.07) is -0.732. The second kappa shape index (κ2) is 8.96. The van der Waals surface area contributed by atoms with Crippen molar-refractivity contribution in [2.45, 2.75) is 32.2 Å². The third kappa shape index (κ3) is 6.23. The highest BCUT2D eigenvalue weighted by molar-refractivity contribution is 5.81. The Labute approximate surface area is 95.5 Å². The smallest absolute Gasteiger partial charge is 0.407 e. The number of esters is 1. The molecule has 0 saturated heterocycles. The maximum absolute atomic E-state index is 11.2. The Balaban J connectivity index is 3.97. The summed E-state index contributed by atoms with van der Waals surface area (Å²) in [6.45, 7) is 2.63. The highest BCUT2D eigenvalue weighted by atomic mass is 16.6. The number of ether oxygens (including phenoxy) is 2. The zero-order chi connectivity index (χ0) is 12.4. The van der Waals surface area contributed by atoms with Gasteiger partial charge in [-0.1, -0.05) is 13.3 Å². The van der Waals surface area contributed by atoms with Gasteiger partial charge in [0.15, 0.2) is 0 Å². The molecule has 0 aliphatic rings. The van der Waals surface area contributed by atoms with Crippen molar-refractivity contribution in [3.8, 4) is 0 Å². The lowest BCUT2D eigenvalue weighted by molar-refractivity contribution is -0.143. The predicted octanol–water partition coefficient (Wildman–Crippen LogP) is 0.403. The summed E-state index contributed by atoms with van der Waals surface area (Å²) >= 11 is 0. The fraction of sp³-hybridized carbons (Fsp3) is 0.800. The normalized spacial score (nSPS) is 11.7. The summed E-state index contributed by atoms with van der Waals surface area (Å²) in [4.78, 5) is 22.5. The molecule has 0 unspecified atom stereocenters. The largest absolute Gasteiger partial charge is 0.467 e. The van der Waals surface area contributed by atoms with Gasteiger partial charge in [-0.25, -0.2) is 9.59 Å². The molecule has 0 rings (SSSR count). The maximum atomic E-state index is 11.2. The molecule has 0 bridgehead atoms. The van der Waals surface area contributed by atoms with Gasteiger partial charge in [0, 0.05) is 0 Å². The lowest BCUT2D eigenvalue weighted by atomic mass is 10.2. The average molecular weight is 232 g/mol. The van der Waals surface area contributed by atoms with E-state index in [1.54, 1.807) is 0 Å². The van der Waals surface area contributed by atoms with Crippen LogP contribution in [0.1, 0.15) is 26.2 Å². The number of alkyl carbamates (subject to hydrolysis) is 1. The topological polar surface area (TPSA) is 90.6 Å². The summed E-state index contributed by atoms with van der Waals surface area (Å²) in [6.07, 6.45) is 1.46. The monoisotopic (exact) mass is 232 g/mol. The van der Waals surface area contributed by atoms with Crippen LogP contribution in [0, 0.1) is 0 Å². The first-order valence-electron chi connectivity index (χ1n) is 5.36. The standard InChI is InChI=1S/C10H20N2O4/c1-3-4-7-16-10(14)12-8(5-6-11)9(13)15-2/h8H,3-7,11H2,1-2H3,(H,12,14)/t8-/m1/s1. The average Bonchev–Trinajstić information content (AvgIpc) is 2.28. The van der Waals surface area contributed by atoms with E-state index in [-0.39, 0.29) is 6.54 Å². The van der Waals surface area contributed by atoms with Gasteiger partial charge in [-0.2, -0.15) is 0 Å². The molecule has 94 valence electrons. The Morgan fingerprint density at radius 2 is 2.12 bits per heavy atom. The molecule has 6 nitrogen and oxygen atoms in total. The van der Waals surface area contributed by atoms with Crippen LogP contribution in [0.4, 0.5) is 4.79 Å². The lowest BCUT2D eigenvalue weighted by Crippen LogP contribution is -2.43. The minimum absolute atomic E-state index is 0.287. The molecule has 1 atom stereocenters. The molecule has 0 aromatic carbocycles. The minimum Gasteiger partial charge on any atom is -0.467 e. The van der Waals surface area contributed by atoms with E-state index in [9.17, 15) is 9.59 Å². The fourth-order valence-corrected chi connectivity index (χ4v) is 1.05. The van der Waals surface area contributed by atoms with Crippen LogP contribution in [-0.2, 0) is 14.3 Å². The molecule has 0 heterocycles. The molecule has 0 aromatic heterocycles. The number of carbonyl (C=O) groups excluding carboxylic acids is 2. The Morgan fingerprint density at radius 1 is 1.44 bits per heavy atom. The number of rotatable bonds is 7. The van der Waals surface area contributed by atoms with Crippen LogP contribution in [0.2, 0.25) is 0 Å². The molecule has 1 amide bonds. The van der Waals surface area contributed by atoms with Gasteiger partial charge >= 0.3 is 12.1 Å². The number of nitrogens with two attached hydrogens (primary N) is 1. The number of hydrogen-bond donors (Lipinski definition) is 2. The molecule has 3 N–H and O–H groups in total. The van der Waals surface area contributed by atoms with Crippen molar-refractivity contribution < 1.29 is 19.1 Å². The van der Waals surface area contributed by atoms with E-state index in [1.807, 2.05) is 6.92 Å². The van der Waals surface area contributed by atoms with Crippen molar-refractivity contribution in [2.24, 2.45) is 5.73 Å². The summed E-state index contributed by atoms with van der Waals surface area (Å²) in [7, 11) is 1.26. The van der Waals surface area contributed by atoms with Crippen molar-refractivity contribution in [3.63, 3.8) is 0 Å². The molecular formula is C10H20N2O4. The second-order valence-corrected chi connectivity index (χ2v) is 3.29. The van der Waals surface area contributed by atoms with Gasteiger partial charge in [-0.15, -0.1) is 0 Å². The van der Waals surface area contributed by atoms with Crippen molar-refractivity contribution in [1.29, 1.82) is 0 Å². The van der Waals surface area contributed by atoms with E-state index in [0.29, 0.717) is 13.0 Å². The van der Waals surface area contributed by atoms with Gasteiger partial charge in [0.1, 0.15) is 6.04 Å². The summed E-state index contributed by atoms with van der Waals surface area (Å²) < 4.78 is 9.38. The zero-order valence-electron chi connectivity index (χ0n) is 9.82. The van der Waals surface area contributed by atoms with Gasteiger partial charge in [0.25, 0.3) is 0 Å². The van der Waals surface area contributed by atoms with Crippen LogP contribution in [0.5, 0.6) is 0 Å². The van der Waals surface area contributed by atoms with Gasteiger partial charge < -0.3 is 20.5 Å². The number of methoxy groups -OCH3 is 1.